The maximum Gasteiger partial charge on any atom is 0.283 e. The van der Waals surface area contributed by atoms with Gasteiger partial charge in [0.15, 0.2) is 0 Å². The number of alkyl halides is 1. The topological polar surface area (TPSA) is 56.8 Å². The third-order valence-corrected chi connectivity index (χ3v) is 4.36. The summed E-state index contributed by atoms with van der Waals surface area (Å²) in [5.74, 6) is -0.884. The number of fused-ring (bicyclic) bond motifs is 1. The summed E-state index contributed by atoms with van der Waals surface area (Å²) >= 11 is 0. The van der Waals surface area contributed by atoms with Crippen molar-refractivity contribution in [3.8, 4) is 0 Å². The average molecular weight is 296 g/mol. The molecule has 0 bridgehead atoms. The lowest BCUT2D eigenvalue weighted by atomic mass is 9.73. The van der Waals surface area contributed by atoms with E-state index in [2.05, 4.69) is 4.99 Å². The Labute approximate surface area is 121 Å². The number of nitrogens with two attached hydrogens (primary N) is 1. The molecule has 1 saturated heterocycles. The number of benzene rings is 1. The number of ether oxygens (including phenoxy) is 2. The second kappa shape index (κ2) is 5.26. The van der Waals surface area contributed by atoms with Gasteiger partial charge in [-0.3, -0.25) is 0 Å². The normalized spacial score (nSPS) is 35.0. The minimum atomic E-state index is -1.38. The molecule has 4 nitrogen and oxygen atoms in total. The van der Waals surface area contributed by atoms with E-state index in [1.807, 2.05) is 6.92 Å². The second-order valence-corrected chi connectivity index (χ2v) is 5.45. The van der Waals surface area contributed by atoms with E-state index in [1.165, 1.54) is 6.07 Å². The van der Waals surface area contributed by atoms with Crippen LogP contribution in [-0.4, -0.2) is 31.5 Å². The van der Waals surface area contributed by atoms with Crippen LogP contribution in [0.1, 0.15) is 18.9 Å². The molecule has 2 aliphatic rings. The Balaban J connectivity index is 2.17. The number of rotatable bonds is 3. The van der Waals surface area contributed by atoms with Crippen LogP contribution in [0.2, 0.25) is 0 Å². The van der Waals surface area contributed by atoms with Gasteiger partial charge >= 0.3 is 0 Å². The van der Waals surface area contributed by atoms with E-state index in [1.54, 1.807) is 18.2 Å². The van der Waals surface area contributed by atoms with Crippen LogP contribution in [0.4, 0.5) is 8.78 Å². The molecule has 2 heterocycles. The van der Waals surface area contributed by atoms with Crippen LogP contribution in [0, 0.1) is 11.7 Å². The lowest BCUT2D eigenvalue weighted by molar-refractivity contribution is 0.0338. The predicted octanol–water partition coefficient (Wildman–Crippen LogP) is 2.13. The minimum Gasteiger partial charge on any atom is -0.459 e. The molecule has 1 aromatic carbocycles. The van der Waals surface area contributed by atoms with Crippen molar-refractivity contribution in [1.82, 2.24) is 0 Å². The van der Waals surface area contributed by atoms with Gasteiger partial charge in [0.25, 0.3) is 6.02 Å². The highest BCUT2D eigenvalue weighted by molar-refractivity contribution is 5.73. The first-order chi connectivity index (χ1) is 10.1. The van der Waals surface area contributed by atoms with E-state index in [9.17, 15) is 8.78 Å². The Morgan fingerprint density at radius 1 is 1.43 bits per heavy atom. The lowest BCUT2D eigenvalue weighted by Gasteiger charge is -2.41. The van der Waals surface area contributed by atoms with Crippen molar-refractivity contribution < 1.29 is 18.3 Å². The fourth-order valence-corrected chi connectivity index (χ4v) is 3.45. The summed E-state index contributed by atoms with van der Waals surface area (Å²) in [7, 11) is 0. The number of amidine groups is 1. The zero-order valence-electron chi connectivity index (χ0n) is 11.8. The van der Waals surface area contributed by atoms with Gasteiger partial charge in [-0.1, -0.05) is 25.1 Å². The van der Waals surface area contributed by atoms with Gasteiger partial charge in [0.1, 0.15) is 24.1 Å². The van der Waals surface area contributed by atoms with E-state index in [0.29, 0.717) is 13.0 Å². The van der Waals surface area contributed by atoms with Crippen molar-refractivity contribution in [3.05, 3.63) is 35.6 Å². The smallest absolute Gasteiger partial charge is 0.283 e. The standard InChI is InChI=1S/C15H18F2N2O2/c1-2-11-13-12(7-20-11)21-14(18)19-15(13,8-16)9-5-3-4-6-10(9)17/h3-6,11-13H,2,7-8H2,1H3,(H2,18,19)/t11-,12+,13-,15+/m0/s1. The molecule has 0 radical (unpaired) electrons. The first kappa shape index (κ1) is 14.3. The quantitative estimate of drug-likeness (QED) is 0.929. The number of hydrogen-bond acceptors (Lipinski definition) is 4. The molecule has 21 heavy (non-hydrogen) atoms. The van der Waals surface area contributed by atoms with Crippen LogP contribution in [0.25, 0.3) is 0 Å². The lowest BCUT2D eigenvalue weighted by Crippen LogP contribution is -2.52. The van der Waals surface area contributed by atoms with Crippen molar-refractivity contribution >= 4 is 6.02 Å². The van der Waals surface area contributed by atoms with Gasteiger partial charge in [-0.25, -0.2) is 13.8 Å². The Hall–Kier alpha value is -1.69. The minimum absolute atomic E-state index is 0.113. The molecular formula is C15H18F2N2O2. The number of halogens is 2. The number of aliphatic imine (C=N–C) groups is 1. The first-order valence-corrected chi connectivity index (χ1v) is 7.07. The molecule has 0 amide bonds. The third kappa shape index (κ3) is 2.09. The molecule has 0 aliphatic carbocycles. The number of nitrogens with zero attached hydrogens (tertiary/aromatic N) is 1. The fraction of sp³-hybridized carbons (Fsp3) is 0.533. The summed E-state index contributed by atoms with van der Waals surface area (Å²) in [5, 5.41) is 0. The van der Waals surface area contributed by atoms with Crippen molar-refractivity contribution in [3.63, 3.8) is 0 Å². The monoisotopic (exact) mass is 296 g/mol. The SMILES string of the molecule is CC[C@@H]1OC[C@H]2OC(N)=N[C@](CF)(c3ccccc3F)[C@@H]12. The average Bonchev–Trinajstić information content (AvgIpc) is 2.90. The van der Waals surface area contributed by atoms with E-state index in [-0.39, 0.29) is 17.7 Å². The van der Waals surface area contributed by atoms with E-state index >= 15 is 0 Å². The molecular weight excluding hydrogens is 278 g/mol. The van der Waals surface area contributed by atoms with Gasteiger partial charge in [-0.05, 0) is 12.5 Å². The molecule has 4 atom stereocenters. The van der Waals surface area contributed by atoms with E-state index < -0.39 is 30.1 Å². The van der Waals surface area contributed by atoms with Crippen LogP contribution in [0.5, 0.6) is 0 Å². The largest absolute Gasteiger partial charge is 0.459 e. The summed E-state index contributed by atoms with van der Waals surface area (Å²) in [6.45, 7) is 1.41. The summed E-state index contributed by atoms with van der Waals surface area (Å²) in [5.41, 5.74) is 4.53. The number of hydrogen-bond donors (Lipinski definition) is 1. The Bertz CT molecular complexity index is 566. The highest BCUT2D eigenvalue weighted by atomic mass is 19.1. The van der Waals surface area contributed by atoms with Gasteiger partial charge in [0.2, 0.25) is 0 Å². The molecule has 114 valence electrons. The molecule has 2 aliphatic heterocycles. The molecule has 6 heteroatoms. The maximum absolute atomic E-state index is 14.3. The summed E-state index contributed by atoms with van der Waals surface area (Å²) in [4.78, 5) is 4.18. The fourth-order valence-electron chi connectivity index (χ4n) is 3.45. The van der Waals surface area contributed by atoms with Crippen molar-refractivity contribution in [1.29, 1.82) is 0 Å². The summed E-state index contributed by atoms with van der Waals surface area (Å²) in [6, 6.07) is 5.98. The van der Waals surface area contributed by atoms with Crippen LogP contribution in [0.3, 0.4) is 0 Å². The molecule has 2 N–H and O–H groups in total. The Morgan fingerprint density at radius 2 is 2.19 bits per heavy atom. The van der Waals surface area contributed by atoms with Crippen molar-refractivity contribution in [2.24, 2.45) is 16.6 Å². The molecule has 1 fully saturated rings. The van der Waals surface area contributed by atoms with Gasteiger partial charge in [-0.2, -0.15) is 0 Å². The molecule has 0 saturated carbocycles. The highest BCUT2D eigenvalue weighted by Gasteiger charge is 2.56. The van der Waals surface area contributed by atoms with Gasteiger partial charge in [0.05, 0.1) is 18.6 Å². The van der Waals surface area contributed by atoms with Crippen molar-refractivity contribution in [2.75, 3.05) is 13.3 Å². The summed E-state index contributed by atoms with van der Waals surface area (Å²) in [6.07, 6.45) is 0.0425. The predicted molar refractivity (Wildman–Crippen MR) is 74.1 cm³/mol. The van der Waals surface area contributed by atoms with Crippen LogP contribution in [-0.2, 0) is 15.0 Å². The molecule has 0 unspecified atom stereocenters. The van der Waals surface area contributed by atoms with Gasteiger partial charge in [-0.15, -0.1) is 0 Å². The first-order valence-electron chi connectivity index (χ1n) is 7.07. The van der Waals surface area contributed by atoms with Crippen LogP contribution in [0.15, 0.2) is 29.3 Å². The van der Waals surface area contributed by atoms with Gasteiger partial charge < -0.3 is 15.2 Å². The van der Waals surface area contributed by atoms with Crippen molar-refractivity contribution in [2.45, 2.75) is 31.1 Å². The Kier molecular flexibility index (Phi) is 3.57. The van der Waals surface area contributed by atoms with Gasteiger partial charge in [0, 0.05) is 5.56 Å². The second-order valence-electron chi connectivity index (χ2n) is 5.45. The zero-order valence-corrected chi connectivity index (χ0v) is 11.8. The van der Waals surface area contributed by atoms with E-state index in [0.717, 1.165) is 0 Å². The highest BCUT2D eigenvalue weighted by Crippen LogP contribution is 2.47. The molecule has 0 aromatic heterocycles. The Morgan fingerprint density at radius 3 is 2.86 bits per heavy atom. The maximum atomic E-state index is 14.3. The van der Waals surface area contributed by atoms with E-state index in [4.69, 9.17) is 15.2 Å². The molecule has 1 aromatic rings. The van der Waals surface area contributed by atoms with Crippen LogP contribution < -0.4 is 5.73 Å². The molecule has 3 rings (SSSR count). The summed E-state index contributed by atoms with van der Waals surface area (Å²) < 4.78 is 39.5. The zero-order chi connectivity index (χ0) is 15.0. The third-order valence-electron chi connectivity index (χ3n) is 4.36. The van der Waals surface area contributed by atoms with Crippen LogP contribution >= 0.6 is 0 Å². The molecule has 0 spiro atoms.